The number of nitrogens with zero attached hydrogens (tertiary/aromatic N) is 3. The Morgan fingerprint density at radius 3 is 2.80 bits per heavy atom. The maximum Gasteiger partial charge on any atom is 0.404 e. The molecule has 0 aliphatic rings. The van der Waals surface area contributed by atoms with E-state index in [0.29, 0.717) is 10.7 Å². The smallest absolute Gasteiger partial charge is 0.358 e. The van der Waals surface area contributed by atoms with E-state index in [1.165, 1.54) is 10.9 Å². The van der Waals surface area contributed by atoms with Gasteiger partial charge in [-0.3, -0.25) is 4.79 Å². The first-order chi connectivity index (χ1) is 9.47. The van der Waals surface area contributed by atoms with Crippen LogP contribution in [0.15, 0.2) is 34.9 Å². The number of aromatic nitrogens is 2. The topological polar surface area (TPSA) is 90.1 Å². The minimum absolute atomic E-state index is 0.155. The van der Waals surface area contributed by atoms with E-state index in [1.54, 1.807) is 24.3 Å². The third-order valence-corrected chi connectivity index (χ3v) is 3.21. The summed E-state index contributed by atoms with van der Waals surface area (Å²) in [5, 5.41) is 17.3. The van der Waals surface area contributed by atoms with Gasteiger partial charge < -0.3 is 15.4 Å². The SMILES string of the molecule is O=C(Cn1cc(Br)c([N+](=O)[O-])n1)Nc1ccccc1Cl. The molecule has 1 amide bonds. The first-order valence-electron chi connectivity index (χ1n) is 5.39. The van der Waals surface area contributed by atoms with E-state index in [2.05, 4.69) is 26.3 Å². The molecule has 0 bridgehead atoms. The summed E-state index contributed by atoms with van der Waals surface area (Å²) in [6.45, 7) is -0.155. The molecule has 1 aromatic carbocycles. The van der Waals surface area contributed by atoms with Crippen LogP contribution < -0.4 is 5.32 Å². The minimum Gasteiger partial charge on any atom is -0.358 e. The Hall–Kier alpha value is -1.93. The van der Waals surface area contributed by atoms with Crippen LogP contribution in [0.2, 0.25) is 5.02 Å². The fourth-order valence-electron chi connectivity index (χ4n) is 1.49. The number of halogens is 2. The third kappa shape index (κ3) is 3.34. The van der Waals surface area contributed by atoms with Gasteiger partial charge >= 0.3 is 5.82 Å². The first kappa shape index (κ1) is 14.5. The van der Waals surface area contributed by atoms with Crippen LogP contribution in [0.3, 0.4) is 0 Å². The van der Waals surface area contributed by atoms with Crippen molar-refractivity contribution in [1.29, 1.82) is 0 Å². The Bertz CT molecular complexity index is 673. The largest absolute Gasteiger partial charge is 0.404 e. The van der Waals surface area contributed by atoms with Crippen molar-refractivity contribution in [2.45, 2.75) is 6.54 Å². The van der Waals surface area contributed by atoms with E-state index in [1.807, 2.05) is 0 Å². The molecule has 2 rings (SSSR count). The maximum atomic E-state index is 11.8. The molecule has 0 atom stereocenters. The normalized spacial score (nSPS) is 10.3. The first-order valence-corrected chi connectivity index (χ1v) is 6.56. The average Bonchev–Trinajstić information content (AvgIpc) is 2.73. The molecule has 1 N–H and O–H groups in total. The zero-order chi connectivity index (χ0) is 14.7. The highest BCUT2D eigenvalue weighted by atomic mass is 79.9. The highest BCUT2D eigenvalue weighted by Gasteiger charge is 2.20. The fourth-order valence-corrected chi connectivity index (χ4v) is 2.13. The zero-order valence-electron chi connectivity index (χ0n) is 9.92. The number of para-hydroxylation sites is 1. The van der Waals surface area contributed by atoms with Crippen LogP contribution in [0.1, 0.15) is 0 Å². The summed E-state index contributed by atoms with van der Waals surface area (Å²) in [6, 6.07) is 6.77. The predicted octanol–water partition coefficient (Wildman–Crippen LogP) is 2.85. The van der Waals surface area contributed by atoms with Gasteiger partial charge in [0.25, 0.3) is 0 Å². The van der Waals surface area contributed by atoms with Crippen molar-refractivity contribution >= 4 is 44.9 Å². The number of anilines is 1. The summed E-state index contributed by atoms with van der Waals surface area (Å²) in [5.41, 5.74) is 0.472. The second kappa shape index (κ2) is 6.02. The van der Waals surface area contributed by atoms with E-state index in [9.17, 15) is 14.9 Å². The van der Waals surface area contributed by atoms with Crippen molar-refractivity contribution < 1.29 is 9.72 Å². The van der Waals surface area contributed by atoms with Gasteiger partial charge in [0.15, 0.2) is 0 Å². The Balaban J connectivity index is 2.07. The number of nitro groups is 1. The fraction of sp³-hybridized carbons (Fsp3) is 0.0909. The van der Waals surface area contributed by atoms with E-state index in [0.717, 1.165) is 0 Å². The molecule has 1 heterocycles. The second-order valence-electron chi connectivity index (χ2n) is 3.78. The van der Waals surface area contributed by atoms with Crippen LogP contribution in [0, 0.1) is 10.1 Å². The van der Waals surface area contributed by atoms with Gasteiger partial charge in [0.1, 0.15) is 11.0 Å². The number of nitrogens with one attached hydrogen (secondary N) is 1. The van der Waals surface area contributed by atoms with Crippen molar-refractivity contribution in [2.75, 3.05) is 5.32 Å². The van der Waals surface area contributed by atoms with E-state index < -0.39 is 4.92 Å². The molecule has 0 saturated heterocycles. The molecule has 1 aromatic heterocycles. The van der Waals surface area contributed by atoms with Gasteiger partial charge in [-0.2, -0.15) is 4.68 Å². The van der Waals surface area contributed by atoms with E-state index in [4.69, 9.17) is 11.6 Å². The highest BCUT2D eigenvalue weighted by Crippen LogP contribution is 2.23. The molecule has 20 heavy (non-hydrogen) atoms. The van der Waals surface area contributed by atoms with Gasteiger partial charge in [0.05, 0.1) is 22.0 Å². The lowest BCUT2D eigenvalue weighted by Gasteiger charge is -2.05. The van der Waals surface area contributed by atoms with Crippen molar-refractivity contribution in [1.82, 2.24) is 9.78 Å². The lowest BCUT2D eigenvalue weighted by Crippen LogP contribution is -2.19. The number of hydrogen-bond donors (Lipinski definition) is 1. The monoisotopic (exact) mass is 358 g/mol. The Kier molecular flexibility index (Phi) is 4.35. The minimum atomic E-state index is -0.632. The van der Waals surface area contributed by atoms with Gasteiger partial charge in [-0.25, -0.2) is 0 Å². The lowest BCUT2D eigenvalue weighted by molar-refractivity contribution is -0.390. The van der Waals surface area contributed by atoms with Gasteiger partial charge in [-0.15, -0.1) is 0 Å². The zero-order valence-corrected chi connectivity index (χ0v) is 12.3. The predicted molar refractivity (Wildman–Crippen MR) is 76.7 cm³/mol. The second-order valence-corrected chi connectivity index (χ2v) is 5.04. The molecule has 0 unspecified atom stereocenters. The molecule has 2 aromatic rings. The van der Waals surface area contributed by atoms with Crippen LogP contribution >= 0.6 is 27.5 Å². The third-order valence-electron chi connectivity index (χ3n) is 2.33. The number of carbonyl (C=O) groups is 1. The van der Waals surface area contributed by atoms with Crippen LogP contribution in [0.25, 0.3) is 0 Å². The molecule has 9 heteroatoms. The van der Waals surface area contributed by atoms with Gasteiger partial charge in [0, 0.05) is 0 Å². The van der Waals surface area contributed by atoms with Crippen LogP contribution in [0.5, 0.6) is 0 Å². The molecule has 0 radical (unpaired) electrons. The van der Waals surface area contributed by atoms with Gasteiger partial charge in [-0.1, -0.05) is 23.7 Å². The number of amides is 1. The molecular weight excluding hydrogens is 352 g/mol. The number of rotatable bonds is 4. The van der Waals surface area contributed by atoms with Crippen molar-refractivity contribution in [3.63, 3.8) is 0 Å². The van der Waals surface area contributed by atoms with Crippen molar-refractivity contribution in [3.8, 4) is 0 Å². The lowest BCUT2D eigenvalue weighted by atomic mass is 10.3. The number of carbonyl (C=O) groups excluding carboxylic acids is 1. The molecule has 104 valence electrons. The molecule has 0 aliphatic carbocycles. The quantitative estimate of drug-likeness (QED) is 0.671. The summed E-state index contributed by atoms with van der Waals surface area (Å²) in [7, 11) is 0. The van der Waals surface area contributed by atoms with Crippen LogP contribution in [-0.2, 0) is 11.3 Å². The Morgan fingerprint density at radius 1 is 1.50 bits per heavy atom. The van der Waals surface area contributed by atoms with Crippen LogP contribution in [-0.4, -0.2) is 20.6 Å². The maximum absolute atomic E-state index is 11.8. The standard InChI is InChI=1S/C11H8BrClN4O3/c12-7-5-16(15-11(7)17(19)20)6-10(18)14-9-4-2-1-3-8(9)13/h1-5H,6H2,(H,14,18). The van der Waals surface area contributed by atoms with E-state index in [-0.39, 0.29) is 22.7 Å². The molecule has 0 fully saturated rings. The molecular formula is C11H8BrClN4O3. The molecule has 0 aliphatic heterocycles. The summed E-state index contributed by atoms with van der Waals surface area (Å²) in [5.74, 6) is -0.724. The number of hydrogen-bond acceptors (Lipinski definition) is 4. The van der Waals surface area contributed by atoms with Crippen LogP contribution in [0.4, 0.5) is 11.5 Å². The van der Waals surface area contributed by atoms with Crippen molar-refractivity contribution in [2.24, 2.45) is 0 Å². The Morgan fingerprint density at radius 2 is 2.20 bits per heavy atom. The summed E-state index contributed by atoms with van der Waals surface area (Å²) in [4.78, 5) is 21.8. The van der Waals surface area contributed by atoms with Gasteiger partial charge in [0.2, 0.25) is 5.91 Å². The summed E-state index contributed by atoms with van der Waals surface area (Å²) < 4.78 is 1.39. The number of benzene rings is 1. The van der Waals surface area contributed by atoms with Gasteiger partial charge in [-0.05, 0) is 33.0 Å². The van der Waals surface area contributed by atoms with E-state index >= 15 is 0 Å². The Labute approximate surface area is 126 Å². The molecule has 0 saturated carbocycles. The average molecular weight is 360 g/mol. The summed E-state index contributed by atoms with van der Waals surface area (Å²) in [6.07, 6.45) is 1.37. The molecule has 0 spiro atoms. The highest BCUT2D eigenvalue weighted by molar-refractivity contribution is 9.10. The molecule has 7 nitrogen and oxygen atoms in total. The summed E-state index contributed by atoms with van der Waals surface area (Å²) >= 11 is 8.92. The van der Waals surface area contributed by atoms with Crippen molar-refractivity contribution in [3.05, 3.63) is 50.1 Å².